The third-order valence-corrected chi connectivity index (χ3v) is 2.79. The monoisotopic (exact) mass is 266 g/mol. The maximum atomic E-state index is 10.7. The van der Waals surface area contributed by atoms with Crippen molar-refractivity contribution < 1.29 is 15.1 Å². The molecule has 6 nitrogen and oxygen atoms in total. The molecule has 1 atom stereocenters. The molecule has 1 aromatic rings. The van der Waals surface area contributed by atoms with Gasteiger partial charge in [-0.25, -0.2) is 0 Å². The maximum absolute atomic E-state index is 10.7. The predicted molar refractivity (Wildman–Crippen MR) is 72.7 cm³/mol. The van der Waals surface area contributed by atoms with Gasteiger partial charge in [0.15, 0.2) is 0 Å². The number of aromatic hydroxyl groups is 1. The lowest BCUT2D eigenvalue weighted by atomic mass is 9.88. The van der Waals surface area contributed by atoms with Gasteiger partial charge < -0.3 is 10.2 Å². The number of phenolic OH excluding ortho intramolecular Hbond substituents is 1. The molecule has 6 heteroatoms. The normalized spacial score (nSPS) is 13.7. The van der Waals surface area contributed by atoms with E-state index in [0.29, 0.717) is 0 Å². The summed E-state index contributed by atoms with van der Waals surface area (Å²) < 4.78 is 0. The molecule has 0 heterocycles. The highest BCUT2D eigenvalue weighted by molar-refractivity contribution is 5.84. The average molecular weight is 266 g/mol. The van der Waals surface area contributed by atoms with Crippen molar-refractivity contribution in [3.8, 4) is 5.75 Å². The molecule has 0 bridgehead atoms. The molecule has 0 aliphatic carbocycles. The van der Waals surface area contributed by atoms with Gasteiger partial charge in [-0.2, -0.15) is 0 Å². The summed E-state index contributed by atoms with van der Waals surface area (Å²) in [4.78, 5) is 14.3. The van der Waals surface area contributed by atoms with Gasteiger partial charge in [0.1, 0.15) is 5.75 Å². The second-order valence-corrected chi connectivity index (χ2v) is 5.34. The Morgan fingerprint density at radius 2 is 2.11 bits per heavy atom. The Labute approximate surface area is 111 Å². The molecule has 0 unspecified atom stereocenters. The van der Waals surface area contributed by atoms with E-state index in [2.05, 4.69) is 4.99 Å². The summed E-state index contributed by atoms with van der Waals surface area (Å²) in [5.74, 6) is -0.0834. The number of hydrogen-bond donors (Lipinski definition) is 2. The first-order chi connectivity index (χ1) is 8.75. The molecular formula is C13H18N2O4. The summed E-state index contributed by atoms with van der Waals surface area (Å²) in [5, 5.41) is 29.6. The van der Waals surface area contributed by atoms with Crippen molar-refractivity contribution in [1.29, 1.82) is 0 Å². The zero-order valence-corrected chi connectivity index (χ0v) is 11.2. The van der Waals surface area contributed by atoms with Crippen molar-refractivity contribution in [3.05, 3.63) is 33.9 Å². The fourth-order valence-corrected chi connectivity index (χ4v) is 1.47. The smallest absolute Gasteiger partial charge is 0.270 e. The molecule has 0 fully saturated rings. The lowest BCUT2D eigenvalue weighted by Crippen LogP contribution is -2.28. The Kier molecular flexibility index (Phi) is 4.61. The molecule has 0 saturated heterocycles. The molecule has 2 N–H and O–H groups in total. The van der Waals surface area contributed by atoms with Crippen molar-refractivity contribution in [2.45, 2.75) is 26.8 Å². The lowest BCUT2D eigenvalue weighted by Gasteiger charge is -2.25. The van der Waals surface area contributed by atoms with Gasteiger partial charge in [0.2, 0.25) is 0 Å². The van der Waals surface area contributed by atoms with E-state index in [1.807, 2.05) is 20.8 Å². The molecular weight excluding hydrogens is 248 g/mol. The summed E-state index contributed by atoms with van der Waals surface area (Å²) in [6, 6.07) is 3.38. The van der Waals surface area contributed by atoms with E-state index in [1.54, 1.807) is 0 Å². The zero-order chi connectivity index (χ0) is 14.6. The van der Waals surface area contributed by atoms with E-state index in [4.69, 9.17) is 0 Å². The number of aliphatic hydroxyl groups excluding tert-OH is 1. The van der Waals surface area contributed by atoms with Crippen molar-refractivity contribution in [3.63, 3.8) is 0 Å². The Balaban J connectivity index is 3.04. The minimum atomic E-state index is -0.538. The van der Waals surface area contributed by atoms with Crippen LogP contribution >= 0.6 is 0 Å². The number of aliphatic hydroxyl groups is 1. The van der Waals surface area contributed by atoms with E-state index in [0.717, 1.165) is 0 Å². The molecule has 1 aromatic carbocycles. The van der Waals surface area contributed by atoms with Crippen LogP contribution in [0, 0.1) is 15.5 Å². The Morgan fingerprint density at radius 3 is 2.58 bits per heavy atom. The van der Waals surface area contributed by atoms with Gasteiger partial charge in [0.05, 0.1) is 17.6 Å². The third-order valence-electron chi connectivity index (χ3n) is 2.79. The van der Waals surface area contributed by atoms with Gasteiger partial charge in [-0.3, -0.25) is 15.1 Å². The highest BCUT2D eigenvalue weighted by Gasteiger charge is 2.22. The Bertz CT molecular complexity index is 492. The van der Waals surface area contributed by atoms with Crippen molar-refractivity contribution in [1.82, 2.24) is 0 Å². The molecule has 104 valence electrons. The number of nitro benzene ring substituents is 1. The number of benzene rings is 1. The minimum absolute atomic E-state index is 0.0834. The van der Waals surface area contributed by atoms with Gasteiger partial charge in [0, 0.05) is 23.9 Å². The highest BCUT2D eigenvalue weighted by Crippen LogP contribution is 2.24. The predicted octanol–water partition coefficient (Wildman–Crippen LogP) is 2.13. The topological polar surface area (TPSA) is 96.0 Å². The van der Waals surface area contributed by atoms with E-state index in [1.165, 1.54) is 24.4 Å². The number of aliphatic imine (C=N–C) groups is 1. The van der Waals surface area contributed by atoms with Crippen LogP contribution in [0.2, 0.25) is 0 Å². The number of nitrogens with zero attached hydrogens (tertiary/aromatic N) is 2. The van der Waals surface area contributed by atoms with Crippen molar-refractivity contribution >= 4 is 11.9 Å². The number of hydrogen-bond acceptors (Lipinski definition) is 5. The van der Waals surface area contributed by atoms with Crippen LogP contribution in [-0.2, 0) is 0 Å². The van der Waals surface area contributed by atoms with Crippen LogP contribution in [0.4, 0.5) is 5.69 Å². The Hall–Kier alpha value is -1.95. The quantitative estimate of drug-likeness (QED) is 0.495. The number of nitro groups is 1. The highest BCUT2D eigenvalue weighted by atomic mass is 16.6. The molecule has 0 amide bonds. The average Bonchev–Trinajstić information content (AvgIpc) is 2.30. The van der Waals surface area contributed by atoms with Crippen LogP contribution in [-0.4, -0.2) is 34.0 Å². The number of phenols is 1. The minimum Gasteiger partial charge on any atom is -0.507 e. The SMILES string of the molecule is CC(C)(C)[C@@H](CO)N=Cc1cc([N+](=O)[O-])ccc1O. The van der Waals surface area contributed by atoms with Crippen LogP contribution in [0.1, 0.15) is 26.3 Å². The number of rotatable bonds is 4. The summed E-state index contributed by atoms with van der Waals surface area (Å²) in [5.41, 5.74) is -0.0887. The summed E-state index contributed by atoms with van der Waals surface area (Å²) in [7, 11) is 0. The summed E-state index contributed by atoms with van der Waals surface area (Å²) >= 11 is 0. The van der Waals surface area contributed by atoms with Crippen molar-refractivity contribution in [2.75, 3.05) is 6.61 Å². The van der Waals surface area contributed by atoms with Gasteiger partial charge in [0.25, 0.3) is 5.69 Å². The van der Waals surface area contributed by atoms with Crippen LogP contribution in [0.25, 0.3) is 0 Å². The Morgan fingerprint density at radius 1 is 1.47 bits per heavy atom. The molecule has 19 heavy (non-hydrogen) atoms. The second-order valence-electron chi connectivity index (χ2n) is 5.34. The van der Waals surface area contributed by atoms with Crippen LogP contribution < -0.4 is 0 Å². The molecule has 0 radical (unpaired) electrons. The summed E-state index contributed by atoms with van der Waals surface area (Å²) in [6.45, 7) is 5.66. The van der Waals surface area contributed by atoms with Gasteiger partial charge in [-0.05, 0) is 11.5 Å². The lowest BCUT2D eigenvalue weighted by molar-refractivity contribution is -0.384. The van der Waals surface area contributed by atoms with E-state index < -0.39 is 4.92 Å². The van der Waals surface area contributed by atoms with E-state index in [9.17, 15) is 20.3 Å². The largest absolute Gasteiger partial charge is 0.507 e. The van der Waals surface area contributed by atoms with Crippen LogP contribution in [0.5, 0.6) is 5.75 Å². The first-order valence-corrected chi connectivity index (χ1v) is 5.87. The van der Waals surface area contributed by atoms with Crippen LogP contribution in [0.3, 0.4) is 0 Å². The van der Waals surface area contributed by atoms with Gasteiger partial charge >= 0.3 is 0 Å². The third kappa shape index (κ3) is 4.03. The zero-order valence-electron chi connectivity index (χ0n) is 11.2. The first-order valence-electron chi connectivity index (χ1n) is 5.87. The number of non-ortho nitro benzene ring substituents is 1. The molecule has 0 spiro atoms. The van der Waals surface area contributed by atoms with E-state index in [-0.39, 0.29) is 35.1 Å². The second kappa shape index (κ2) is 5.79. The van der Waals surface area contributed by atoms with Crippen LogP contribution in [0.15, 0.2) is 23.2 Å². The fraction of sp³-hybridized carbons (Fsp3) is 0.462. The molecule has 1 rings (SSSR count). The van der Waals surface area contributed by atoms with Gasteiger partial charge in [-0.1, -0.05) is 20.8 Å². The first kappa shape index (κ1) is 15.1. The molecule has 0 aromatic heterocycles. The van der Waals surface area contributed by atoms with E-state index >= 15 is 0 Å². The maximum Gasteiger partial charge on any atom is 0.270 e. The molecule has 0 aliphatic rings. The molecule has 0 aliphatic heterocycles. The van der Waals surface area contributed by atoms with Gasteiger partial charge in [-0.15, -0.1) is 0 Å². The van der Waals surface area contributed by atoms with Crippen molar-refractivity contribution in [2.24, 2.45) is 10.4 Å². The molecule has 0 saturated carbocycles. The standard InChI is InChI=1S/C13H18N2O4/c1-13(2,3)12(8-16)14-7-9-6-10(15(18)19)4-5-11(9)17/h4-7,12,16-17H,8H2,1-3H3/t12-/m1/s1. The summed E-state index contributed by atoms with van der Waals surface area (Å²) in [6.07, 6.45) is 1.36. The fourth-order valence-electron chi connectivity index (χ4n) is 1.47.